The molecule has 3 rings (SSSR count). The van der Waals surface area contributed by atoms with Crippen molar-refractivity contribution < 1.29 is 9.53 Å². The van der Waals surface area contributed by atoms with Crippen molar-refractivity contribution in [2.75, 3.05) is 26.2 Å². The first-order valence-electron chi connectivity index (χ1n) is 8.45. The van der Waals surface area contributed by atoms with Crippen LogP contribution in [-0.2, 0) is 4.74 Å². The second kappa shape index (κ2) is 8.27. The molecule has 1 saturated heterocycles. The Labute approximate surface area is 157 Å². The van der Waals surface area contributed by atoms with Crippen molar-refractivity contribution in [1.29, 1.82) is 0 Å². The Morgan fingerprint density at radius 1 is 1.52 bits per heavy atom. The van der Waals surface area contributed by atoms with Crippen LogP contribution in [0.15, 0.2) is 30.5 Å². The normalized spacial score (nSPS) is 19.0. The molecule has 2 aromatic rings. The van der Waals surface area contributed by atoms with Gasteiger partial charge >= 0.3 is 0 Å². The summed E-state index contributed by atoms with van der Waals surface area (Å²) in [4.78, 5) is 20.0. The van der Waals surface area contributed by atoms with E-state index in [1.54, 1.807) is 6.20 Å². The van der Waals surface area contributed by atoms with E-state index in [1.807, 2.05) is 43.0 Å². The highest BCUT2D eigenvalue weighted by Crippen LogP contribution is 2.31. The van der Waals surface area contributed by atoms with E-state index in [2.05, 4.69) is 10.3 Å². The summed E-state index contributed by atoms with van der Waals surface area (Å²) in [6, 6.07) is 7.62. The predicted molar refractivity (Wildman–Crippen MR) is 100 cm³/mol. The van der Waals surface area contributed by atoms with E-state index in [1.165, 1.54) is 11.3 Å². The van der Waals surface area contributed by atoms with Gasteiger partial charge in [-0.1, -0.05) is 29.8 Å². The van der Waals surface area contributed by atoms with Gasteiger partial charge in [-0.3, -0.25) is 4.79 Å². The van der Waals surface area contributed by atoms with Gasteiger partial charge in [-0.05, 0) is 25.5 Å². The maximum absolute atomic E-state index is 13.1. The van der Waals surface area contributed by atoms with Crippen molar-refractivity contribution >= 4 is 28.8 Å². The Balaban J connectivity index is 1.83. The maximum Gasteiger partial charge on any atom is 0.266 e. The molecule has 1 N–H and O–H groups in total. The van der Waals surface area contributed by atoms with Crippen molar-refractivity contribution in [3.63, 3.8) is 0 Å². The van der Waals surface area contributed by atoms with E-state index in [0.29, 0.717) is 29.6 Å². The lowest BCUT2D eigenvalue weighted by atomic mass is 10.0. The van der Waals surface area contributed by atoms with E-state index >= 15 is 0 Å². The Hall–Kier alpha value is -1.47. The number of hydrogen-bond donors (Lipinski definition) is 1. The van der Waals surface area contributed by atoms with Crippen LogP contribution in [0.4, 0.5) is 0 Å². The summed E-state index contributed by atoms with van der Waals surface area (Å²) in [6.45, 7) is 6.63. The molecule has 0 aliphatic carbocycles. The molecular weight excluding hydrogens is 358 g/mol. The molecule has 0 radical (unpaired) electrons. The quantitative estimate of drug-likeness (QED) is 0.860. The molecule has 1 aliphatic rings. The van der Waals surface area contributed by atoms with Gasteiger partial charge in [0, 0.05) is 31.3 Å². The van der Waals surface area contributed by atoms with Crippen molar-refractivity contribution in [3.05, 3.63) is 50.9 Å². The number of aromatic nitrogens is 1. The number of carbonyl (C=O) groups is 1. The molecule has 0 saturated carbocycles. The number of nitrogens with one attached hydrogen (secondary N) is 1. The Bertz CT molecular complexity index is 737. The molecule has 134 valence electrons. The van der Waals surface area contributed by atoms with E-state index in [0.717, 1.165) is 17.1 Å². The SMILES string of the molecule is CCOC(C)c1ncc(C(=O)N2CCNCC2c2ccccc2Cl)s1. The second-order valence-corrected chi connectivity index (χ2v) is 7.37. The third kappa shape index (κ3) is 4.03. The number of benzene rings is 1. The van der Waals surface area contributed by atoms with Crippen LogP contribution < -0.4 is 5.32 Å². The van der Waals surface area contributed by atoms with Crippen LogP contribution in [0.5, 0.6) is 0 Å². The van der Waals surface area contributed by atoms with Gasteiger partial charge in [0.15, 0.2) is 0 Å². The number of amides is 1. The summed E-state index contributed by atoms with van der Waals surface area (Å²) >= 11 is 7.77. The number of hydrogen-bond acceptors (Lipinski definition) is 5. The van der Waals surface area contributed by atoms with Crippen LogP contribution in [0.1, 0.15) is 46.2 Å². The number of rotatable bonds is 5. The summed E-state index contributed by atoms with van der Waals surface area (Å²) in [5, 5.41) is 4.86. The molecule has 2 atom stereocenters. The number of ether oxygens (including phenoxy) is 1. The molecule has 1 fully saturated rings. The zero-order valence-corrected chi connectivity index (χ0v) is 15.9. The molecule has 1 amide bonds. The standard InChI is InChI=1S/C18H22ClN3O2S/c1-3-24-12(2)17-21-11-16(25-17)18(23)22-9-8-20-10-15(22)13-6-4-5-7-14(13)19/h4-7,11-12,15,20H,3,8-10H2,1-2H3. The zero-order chi connectivity index (χ0) is 17.8. The van der Waals surface area contributed by atoms with Crippen molar-refractivity contribution in [2.24, 2.45) is 0 Å². The van der Waals surface area contributed by atoms with Gasteiger partial charge in [-0.2, -0.15) is 0 Å². The highest BCUT2D eigenvalue weighted by Gasteiger charge is 2.31. The molecule has 2 unspecified atom stereocenters. The highest BCUT2D eigenvalue weighted by molar-refractivity contribution is 7.13. The van der Waals surface area contributed by atoms with Crippen molar-refractivity contribution in [1.82, 2.24) is 15.2 Å². The lowest BCUT2D eigenvalue weighted by Crippen LogP contribution is -2.48. The summed E-state index contributed by atoms with van der Waals surface area (Å²) in [7, 11) is 0. The van der Waals surface area contributed by atoms with Gasteiger partial charge in [0.2, 0.25) is 0 Å². The van der Waals surface area contributed by atoms with Gasteiger partial charge in [-0.25, -0.2) is 4.98 Å². The largest absolute Gasteiger partial charge is 0.372 e. The summed E-state index contributed by atoms with van der Waals surface area (Å²) in [5.41, 5.74) is 0.970. The number of piperazine rings is 1. The predicted octanol–water partition coefficient (Wildman–Crippen LogP) is 3.68. The van der Waals surface area contributed by atoms with Crippen LogP contribution in [0, 0.1) is 0 Å². The first-order valence-corrected chi connectivity index (χ1v) is 9.64. The van der Waals surface area contributed by atoms with Crippen LogP contribution in [0.25, 0.3) is 0 Å². The second-order valence-electron chi connectivity index (χ2n) is 5.90. The van der Waals surface area contributed by atoms with Gasteiger partial charge in [0.25, 0.3) is 5.91 Å². The van der Waals surface area contributed by atoms with Crippen LogP contribution in [0.2, 0.25) is 5.02 Å². The fourth-order valence-electron chi connectivity index (χ4n) is 3.01. The van der Waals surface area contributed by atoms with Crippen molar-refractivity contribution in [3.8, 4) is 0 Å². The van der Waals surface area contributed by atoms with Crippen LogP contribution >= 0.6 is 22.9 Å². The number of thiazole rings is 1. The zero-order valence-electron chi connectivity index (χ0n) is 14.4. The van der Waals surface area contributed by atoms with E-state index in [4.69, 9.17) is 16.3 Å². The van der Waals surface area contributed by atoms with Crippen LogP contribution in [0.3, 0.4) is 0 Å². The summed E-state index contributed by atoms with van der Waals surface area (Å²) in [6.07, 6.45) is 1.56. The molecule has 2 heterocycles. The molecule has 7 heteroatoms. The van der Waals surface area contributed by atoms with Gasteiger partial charge in [0.1, 0.15) is 16.0 Å². The summed E-state index contributed by atoms with van der Waals surface area (Å²) < 4.78 is 5.57. The fourth-order valence-corrected chi connectivity index (χ4v) is 4.14. The molecule has 5 nitrogen and oxygen atoms in total. The molecule has 25 heavy (non-hydrogen) atoms. The van der Waals surface area contributed by atoms with Gasteiger partial charge in [-0.15, -0.1) is 11.3 Å². The first kappa shape index (κ1) is 18.3. The van der Waals surface area contributed by atoms with Gasteiger partial charge in [0.05, 0.1) is 12.2 Å². The Morgan fingerprint density at radius 3 is 3.08 bits per heavy atom. The average molecular weight is 380 g/mol. The monoisotopic (exact) mass is 379 g/mol. The van der Waals surface area contributed by atoms with Crippen molar-refractivity contribution in [2.45, 2.75) is 26.0 Å². The molecular formula is C18H22ClN3O2S. The topological polar surface area (TPSA) is 54.5 Å². The lowest BCUT2D eigenvalue weighted by Gasteiger charge is -2.36. The molecule has 1 aromatic carbocycles. The van der Waals surface area contributed by atoms with Gasteiger partial charge < -0.3 is 15.0 Å². The lowest BCUT2D eigenvalue weighted by molar-refractivity contribution is 0.0639. The van der Waals surface area contributed by atoms with Crippen LogP contribution in [-0.4, -0.2) is 42.0 Å². The number of halogens is 1. The van der Waals surface area contributed by atoms with E-state index in [9.17, 15) is 4.79 Å². The maximum atomic E-state index is 13.1. The molecule has 0 spiro atoms. The molecule has 1 aromatic heterocycles. The number of nitrogens with zero attached hydrogens (tertiary/aromatic N) is 2. The summed E-state index contributed by atoms with van der Waals surface area (Å²) in [5.74, 6) is -0.00105. The van der Waals surface area contributed by atoms with E-state index < -0.39 is 0 Å². The smallest absolute Gasteiger partial charge is 0.266 e. The highest BCUT2D eigenvalue weighted by atomic mass is 35.5. The minimum absolute atomic E-state index is 0.00105. The third-order valence-corrected chi connectivity index (χ3v) is 5.76. The van der Waals surface area contributed by atoms with E-state index in [-0.39, 0.29) is 18.1 Å². The average Bonchev–Trinajstić information content (AvgIpc) is 3.12. The minimum Gasteiger partial charge on any atom is -0.372 e. The number of carbonyl (C=O) groups excluding carboxylic acids is 1. The Kier molecular flexibility index (Phi) is 6.06. The Morgan fingerprint density at radius 2 is 2.32 bits per heavy atom. The molecule has 1 aliphatic heterocycles. The first-order chi connectivity index (χ1) is 12.1. The molecule has 0 bridgehead atoms. The fraction of sp³-hybridized carbons (Fsp3) is 0.444. The third-order valence-electron chi connectivity index (χ3n) is 4.27. The minimum atomic E-state index is -0.0982.